The maximum Gasteiger partial charge on any atom is 0.303 e. The highest BCUT2D eigenvalue weighted by Gasteiger charge is 2.23. The normalized spacial score (nSPS) is 19.8. The summed E-state index contributed by atoms with van der Waals surface area (Å²) in [6.07, 6.45) is 2.23. The maximum atomic E-state index is 10.6. The van der Waals surface area contributed by atoms with Crippen LogP contribution < -0.4 is 0 Å². The molecule has 1 aliphatic heterocycles. The molecule has 1 N–H and O–H groups in total. The molecule has 3 nitrogen and oxygen atoms in total. The van der Waals surface area contributed by atoms with Gasteiger partial charge in [-0.3, -0.25) is 9.69 Å². The minimum Gasteiger partial charge on any atom is -0.481 e. The third-order valence-corrected chi connectivity index (χ3v) is 4.48. The molecule has 0 aliphatic carbocycles. The van der Waals surface area contributed by atoms with Crippen molar-refractivity contribution in [2.75, 3.05) is 13.1 Å². The molecule has 1 aromatic rings. The van der Waals surface area contributed by atoms with Crippen LogP contribution in [0.5, 0.6) is 0 Å². The van der Waals surface area contributed by atoms with Gasteiger partial charge in [0.1, 0.15) is 0 Å². The summed E-state index contributed by atoms with van der Waals surface area (Å²) in [7, 11) is 0. The molecule has 0 bridgehead atoms. The molecule has 1 unspecified atom stereocenters. The number of carboxylic acid groups (broad SMARTS) is 1. The second kappa shape index (κ2) is 6.53. The van der Waals surface area contributed by atoms with Gasteiger partial charge in [0.15, 0.2) is 0 Å². The van der Waals surface area contributed by atoms with E-state index >= 15 is 0 Å². The molecule has 0 spiro atoms. The Kier molecular flexibility index (Phi) is 4.99. The van der Waals surface area contributed by atoms with E-state index in [2.05, 4.69) is 46.0 Å². The van der Waals surface area contributed by atoms with Gasteiger partial charge in [0, 0.05) is 24.0 Å². The molecule has 2 rings (SSSR count). The summed E-state index contributed by atoms with van der Waals surface area (Å²) >= 11 is 3.61. The number of hydrogen-bond donors (Lipinski definition) is 1. The van der Waals surface area contributed by atoms with E-state index in [0.717, 1.165) is 32.5 Å². The summed E-state index contributed by atoms with van der Waals surface area (Å²) in [5.74, 6) is -0.139. The molecule has 19 heavy (non-hydrogen) atoms. The number of benzene rings is 1. The Labute approximate surface area is 122 Å². The predicted molar refractivity (Wildman–Crippen MR) is 79.1 cm³/mol. The second-order valence-corrected chi connectivity index (χ2v) is 6.27. The fourth-order valence-corrected chi connectivity index (χ4v) is 3.26. The molecule has 1 fully saturated rings. The average Bonchev–Trinajstić information content (AvgIpc) is 2.78. The Bertz CT molecular complexity index is 461. The van der Waals surface area contributed by atoms with Crippen molar-refractivity contribution in [1.29, 1.82) is 0 Å². The Balaban J connectivity index is 1.86. The van der Waals surface area contributed by atoms with Crippen molar-refractivity contribution >= 4 is 21.9 Å². The molecule has 0 aromatic heterocycles. The minimum absolute atomic E-state index is 0.298. The zero-order valence-corrected chi connectivity index (χ0v) is 12.8. The summed E-state index contributed by atoms with van der Waals surface area (Å²) < 4.78 is 1.17. The summed E-state index contributed by atoms with van der Waals surface area (Å²) in [5.41, 5.74) is 2.57. The Morgan fingerprint density at radius 1 is 1.53 bits per heavy atom. The number of carbonyl (C=O) groups is 1. The molecule has 104 valence electrons. The summed E-state index contributed by atoms with van der Waals surface area (Å²) in [6.45, 7) is 5.13. The number of rotatable bonds is 5. The summed E-state index contributed by atoms with van der Waals surface area (Å²) in [6, 6.07) is 6.45. The van der Waals surface area contributed by atoms with E-state index in [1.54, 1.807) is 0 Å². The lowest BCUT2D eigenvalue weighted by atomic mass is 10.0. The number of nitrogens with zero attached hydrogens (tertiary/aromatic N) is 1. The van der Waals surface area contributed by atoms with E-state index in [4.69, 9.17) is 5.11 Å². The number of carboxylic acids is 1. The quantitative estimate of drug-likeness (QED) is 0.901. The van der Waals surface area contributed by atoms with Crippen LogP contribution in [0.3, 0.4) is 0 Å². The van der Waals surface area contributed by atoms with Crippen molar-refractivity contribution in [1.82, 2.24) is 4.90 Å². The van der Waals surface area contributed by atoms with E-state index in [0.29, 0.717) is 12.3 Å². The van der Waals surface area contributed by atoms with Crippen LogP contribution in [0.25, 0.3) is 0 Å². The monoisotopic (exact) mass is 325 g/mol. The number of aliphatic carboxylic acids is 1. The van der Waals surface area contributed by atoms with Crippen LogP contribution in [0.15, 0.2) is 22.7 Å². The summed E-state index contributed by atoms with van der Waals surface area (Å²) in [5, 5.41) is 8.72. The standard InChI is InChI=1S/C15H20BrNO2/c1-11-2-4-13(14(16)8-11)10-17-7-6-12(9-17)3-5-15(18)19/h2,4,8,12H,3,5-7,9-10H2,1H3,(H,18,19). The van der Waals surface area contributed by atoms with E-state index in [-0.39, 0.29) is 0 Å². The lowest BCUT2D eigenvalue weighted by Crippen LogP contribution is -2.20. The number of aryl methyl sites for hydroxylation is 1. The molecule has 1 heterocycles. The van der Waals surface area contributed by atoms with Crippen LogP contribution in [-0.2, 0) is 11.3 Å². The first-order chi connectivity index (χ1) is 9.04. The first kappa shape index (κ1) is 14.5. The smallest absolute Gasteiger partial charge is 0.303 e. The van der Waals surface area contributed by atoms with Gasteiger partial charge in [-0.1, -0.05) is 28.1 Å². The van der Waals surface area contributed by atoms with Crippen molar-refractivity contribution < 1.29 is 9.90 Å². The van der Waals surface area contributed by atoms with Gasteiger partial charge in [-0.2, -0.15) is 0 Å². The van der Waals surface area contributed by atoms with Gasteiger partial charge < -0.3 is 5.11 Å². The first-order valence-corrected chi connectivity index (χ1v) is 7.53. The van der Waals surface area contributed by atoms with Crippen molar-refractivity contribution in [3.63, 3.8) is 0 Å². The molecular formula is C15H20BrNO2. The average molecular weight is 326 g/mol. The highest BCUT2D eigenvalue weighted by atomic mass is 79.9. The molecule has 0 amide bonds. The minimum atomic E-state index is -0.681. The molecule has 0 saturated carbocycles. The van der Waals surface area contributed by atoms with Crippen molar-refractivity contribution in [2.24, 2.45) is 5.92 Å². The molecule has 1 atom stereocenters. The molecule has 1 aromatic carbocycles. The molecule has 1 saturated heterocycles. The summed E-state index contributed by atoms with van der Waals surface area (Å²) in [4.78, 5) is 13.0. The van der Waals surface area contributed by atoms with Gasteiger partial charge in [-0.25, -0.2) is 0 Å². The highest BCUT2D eigenvalue weighted by Crippen LogP contribution is 2.25. The second-order valence-electron chi connectivity index (χ2n) is 5.42. The molecular weight excluding hydrogens is 306 g/mol. The van der Waals surface area contributed by atoms with Crippen LogP contribution in [-0.4, -0.2) is 29.1 Å². The van der Waals surface area contributed by atoms with Gasteiger partial charge in [0.25, 0.3) is 0 Å². The van der Waals surface area contributed by atoms with Gasteiger partial charge >= 0.3 is 5.97 Å². The van der Waals surface area contributed by atoms with Crippen LogP contribution in [0.2, 0.25) is 0 Å². The van der Waals surface area contributed by atoms with Crippen LogP contribution in [0.4, 0.5) is 0 Å². The number of likely N-dealkylation sites (tertiary alicyclic amines) is 1. The Morgan fingerprint density at radius 2 is 2.32 bits per heavy atom. The third-order valence-electron chi connectivity index (χ3n) is 3.74. The Hall–Kier alpha value is -0.870. The zero-order chi connectivity index (χ0) is 13.8. The van der Waals surface area contributed by atoms with Crippen LogP contribution >= 0.6 is 15.9 Å². The van der Waals surface area contributed by atoms with Crippen molar-refractivity contribution in [3.8, 4) is 0 Å². The highest BCUT2D eigenvalue weighted by molar-refractivity contribution is 9.10. The fourth-order valence-electron chi connectivity index (χ4n) is 2.64. The van der Waals surface area contributed by atoms with Gasteiger partial charge in [0.2, 0.25) is 0 Å². The van der Waals surface area contributed by atoms with Crippen LogP contribution in [0, 0.1) is 12.8 Å². The van der Waals surface area contributed by atoms with E-state index < -0.39 is 5.97 Å². The topological polar surface area (TPSA) is 40.5 Å². The SMILES string of the molecule is Cc1ccc(CN2CCC(CCC(=O)O)C2)c(Br)c1. The van der Waals surface area contributed by atoms with Gasteiger partial charge in [0.05, 0.1) is 0 Å². The largest absolute Gasteiger partial charge is 0.481 e. The number of halogens is 1. The lowest BCUT2D eigenvalue weighted by Gasteiger charge is -2.17. The lowest BCUT2D eigenvalue weighted by molar-refractivity contribution is -0.137. The van der Waals surface area contributed by atoms with Gasteiger partial charge in [-0.05, 0) is 49.4 Å². The van der Waals surface area contributed by atoms with Crippen molar-refractivity contribution in [3.05, 3.63) is 33.8 Å². The predicted octanol–water partition coefficient (Wildman–Crippen LogP) is 3.44. The maximum absolute atomic E-state index is 10.6. The fraction of sp³-hybridized carbons (Fsp3) is 0.533. The Morgan fingerprint density at radius 3 is 3.00 bits per heavy atom. The first-order valence-electron chi connectivity index (χ1n) is 6.74. The van der Waals surface area contributed by atoms with Gasteiger partial charge in [-0.15, -0.1) is 0 Å². The molecule has 4 heteroatoms. The van der Waals surface area contributed by atoms with E-state index in [1.807, 2.05) is 0 Å². The van der Waals surface area contributed by atoms with E-state index in [1.165, 1.54) is 15.6 Å². The van der Waals surface area contributed by atoms with E-state index in [9.17, 15) is 4.79 Å². The molecule has 1 aliphatic rings. The number of hydrogen-bond acceptors (Lipinski definition) is 2. The van der Waals surface area contributed by atoms with Crippen LogP contribution in [0.1, 0.15) is 30.4 Å². The third kappa shape index (κ3) is 4.32. The van der Waals surface area contributed by atoms with Crippen molar-refractivity contribution in [2.45, 2.75) is 32.7 Å². The zero-order valence-electron chi connectivity index (χ0n) is 11.2. The molecule has 0 radical (unpaired) electrons.